The molecule has 0 aromatic heterocycles. The van der Waals surface area contributed by atoms with Crippen molar-refractivity contribution in [3.05, 3.63) is 91.0 Å². The van der Waals surface area contributed by atoms with E-state index in [4.69, 9.17) is 4.52 Å². The van der Waals surface area contributed by atoms with Gasteiger partial charge in [-0.25, -0.2) is 0 Å². The number of para-hydroxylation sites is 1. The monoisotopic (exact) mass is 406 g/mol. The molecule has 0 radical (unpaired) electrons. The first-order valence-corrected chi connectivity index (χ1v) is 13.3. The van der Waals surface area contributed by atoms with Crippen LogP contribution in [0.3, 0.4) is 0 Å². The van der Waals surface area contributed by atoms with E-state index in [0.717, 1.165) is 11.9 Å². The van der Waals surface area contributed by atoms with Crippen LogP contribution < -0.4 is 15.1 Å². The molecule has 0 heterocycles. The number of hydrogen-bond donors (Lipinski definition) is 0. The second kappa shape index (κ2) is 11.8. The van der Waals surface area contributed by atoms with E-state index in [2.05, 4.69) is 97.9 Å². The van der Waals surface area contributed by atoms with Crippen LogP contribution in [0, 0.1) is 0 Å². The molecule has 0 fully saturated rings. The van der Waals surface area contributed by atoms with Crippen LogP contribution in [0.2, 0.25) is 0 Å². The number of unbranched alkanes of at least 4 members (excludes halogenated alkanes) is 6. The molecular formula is C27H35OP. The van der Waals surface area contributed by atoms with Gasteiger partial charge in [0.05, 0.1) is 0 Å². The zero-order valence-corrected chi connectivity index (χ0v) is 18.7. The van der Waals surface area contributed by atoms with Crippen LogP contribution in [-0.4, -0.2) is 6.16 Å². The summed E-state index contributed by atoms with van der Waals surface area (Å²) in [6, 6.07) is 32.3. The predicted molar refractivity (Wildman–Crippen MR) is 130 cm³/mol. The summed E-state index contributed by atoms with van der Waals surface area (Å²) in [5.41, 5.74) is 0. The van der Waals surface area contributed by atoms with Crippen molar-refractivity contribution in [2.24, 2.45) is 0 Å². The molecule has 29 heavy (non-hydrogen) atoms. The summed E-state index contributed by atoms with van der Waals surface area (Å²) in [6.45, 7) is 2.28. The van der Waals surface area contributed by atoms with Crippen LogP contribution in [0.1, 0.15) is 51.9 Å². The molecule has 0 saturated carbocycles. The van der Waals surface area contributed by atoms with Gasteiger partial charge >= 0.3 is 177 Å². The van der Waals surface area contributed by atoms with Crippen molar-refractivity contribution in [3.8, 4) is 5.75 Å². The van der Waals surface area contributed by atoms with Crippen LogP contribution >= 0.6 is 7.49 Å². The molecule has 0 N–H and O–H groups in total. The number of benzene rings is 3. The summed E-state index contributed by atoms with van der Waals surface area (Å²) in [7, 11) is -2.36. The Hall–Kier alpha value is -2.11. The third-order valence-corrected chi connectivity index (χ3v) is 9.82. The molecule has 1 nitrogen and oxygen atoms in total. The minimum absolute atomic E-state index is 0.981. The predicted octanol–water partition coefficient (Wildman–Crippen LogP) is 7.13. The minimum atomic E-state index is -2.36. The third kappa shape index (κ3) is 6.18. The van der Waals surface area contributed by atoms with E-state index in [1.54, 1.807) is 0 Å². The van der Waals surface area contributed by atoms with Crippen LogP contribution in [0.5, 0.6) is 5.75 Å². The Kier molecular flexibility index (Phi) is 8.78. The fraction of sp³-hybridized carbons (Fsp3) is 0.333. The van der Waals surface area contributed by atoms with Crippen molar-refractivity contribution in [3.63, 3.8) is 0 Å². The standard InChI is InChI=1S/C27H35OP/c1-2-3-4-5-6-7-17-24-29(26-20-13-9-14-21-26,27-22-15-10-16-23-27)28-25-18-11-8-12-19-25/h8-16,18-23,29H,2-7,17,24H2,1H3. The topological polar surface area (TPSA) is 9.23 Å². The van der Waals surface area contributed by atoms with Gasteiger partial charge in [0.25, 0.3) is 0 Å². The van der Waals surface area contributed by atoms with E-state index in [1.807, 2.05) is 0 Å². The van der Waals surface area contributed by atoms with Crippen LogP contribution in [0.25, 0.3) is 0 Å². The van der Waals surface area contributed by atoms with Gasteiger partial charge in [0.15, 0.2) is 0 Å². The molecule has 2 heteroatoms. The Bertz CT molecular complexity index is 762. The van der Waals surface area contributed by atoms with Gasteiger partial charge in [0, 0.05) is 0 Å². The SMILES string of the molecule is CCCCCCCCC[PH](Oc1ccccc1)(c1ccccc1)c1ccccc1. The molecule has 0 aliphatic carbocycles. The molecule has 0 unspecified atom stereocenters. The summed E-state index contributed by atoms with van der Waals surface area (Å²) in [6.07, 6.45) is 10.4. The van der Waals surface area contributed by atoms with Gasteiger partial charge in [0.2, 0.25) is 0 Å². The molecule has 0 aliphatic heterocycles. The van der Waals surface area contributed by atoms with Gasteiger partial charge in [-0.2, -0.15) is 0 Å². The van der Waals surface area contributed by atoms with Gasteiger partial charge in [-0.1, -0.05) is 0 Å². The first-order chi connectivity index (χ1) is 14.3. The van der Waals surface area contributed by atoms with Crippen LogP contribution in [0.4, 0.5) is 0 Å². The van der Waals surface area contributed by atoms with E-state index >= 15 is 0 Å². The maximum atomic E-state index is 6.96. The van der Waals surface area contributed by atoms with E-state index < -0.39 is 7.49 Å². The van der Waals surface area contributed by atoms with Gasteiger partial charge in [-0.3, -0.25) is 0 Å². The summed E-state index contributed by atoms with van der Waals surface area (Å²) in [5.74, 6) is 0.981. The average Bonchev–Trinajstić information content (AvgIpc) is 2.79. The van der Waals surface area contributed by atoms with Crippen molar-refractivity contribution in [2.45, 2.75) is 51.9 Å². The molecule has 3 aromatic carbocycles. The Morgan fingerprint density at radius 2 is 1.00 bits per heavy atom. The second-order valence-corrected chi connectivity index (χ2v) is 11.4. The fourth-order valence-corrected chi connectivity index (χ4v) is 8.06. The average molecular weight is 407 g/mol. The van der Waals surface area contributed by atoms with Crippen molar-refractivity contribution in [1.82, 2.24) is 0 Å². The van der Waals surface area contributed by atoms with E-state index in [0.29, 0.717) is 0 Å². The summed E-state index contributed by atoms with van der Waals surface area (Å²) < 4.78 is 6.96. The van der Waals surface area contributed by atoms with Crippen molar-refractivity contribution < 1.29 is 4.52 Å². The summed E-state index contributed by atoms with van der Waals surface area (Å²) in [4.78, 5) is 0. The quantitative estimate of drug-likeness (QED) is 0.230. The first-order valence-electron chi connectivity index (χ1n) is 11.2. The fourth-order valence-electron chi connectivity index (χ4n) is 4.06. The molecule has 0 aliphatic rings. The molecule has 0 bridgehead atoms. The molecule has 0 atom stereocenters. The Balaban J connectivity index is 1.86. The van der Waals surface area contributed by atoms with Gasteiger partial charge in [-0.15, -0.1) is 0 Å². The zero-order valence-electron chi connectivity index (χ0n) is 17.7. The molecule has 0 amide bonds. The molecule has 3 aromatic rings. The van der Waals surface area contributed by atoms with Crippen molar-refractivity contribution >= 4 is 18.1 Å². The van der Waals surface area contributed by atoms with E-state index in [1.165, 1.54) is 55.6 Å². The molecule has 154 valence electrons. The van der Waals surface area contributed by atoms with E-state index in [-0.39, 0.29) is 0 Å². The van der Waals surface area contributed by atoms with Crippen LogP contribution in [0.15, 0.2) is 91.0 Å². The molecular weight excluding hydrogens is 371 g/mol. The van der Waals surface area contributed by atoms with Crippen molar-refractivity contribution in [2.75, 3.05) is 6.16 Å². The normalized spacial score (nSPS) is 11.9. The van der Waals surface area contributed by atoms with Gasteiger partial charge in [-0.05, 0) is 0 Å². The Morgan fingerprint density at radius 1 is 0.552 bits per heavy atom. The van der Waals surface area contributed by atoms with Crippen LogP contribution in [-0.2, 0) is 0 Å². The second-order valence-electron chi connectivity index (χ2n) is 7.85. The summed E-state index contributed by atoms with van der Waals surface area (Å²) >= 11 is 0. The molecule has 0 spiro atoms. The molecule has 0 saturated heterocycles. The molecule has 3 rings (SSSR count). The third-order valence-electron chi connectivity index (χ3n) is 5.65. The van der Waals surface area contributed by atoms with Gasteiger partial charge < -0.3 is 0 Å². The van der Waals surface area contributed by atoms with Gasteiger partial charge in [0.1, 0.15) is 0 Å². The van der Waals surface area contributed by atoms with E-state index in [9.17, 15) is 0 Å². The Morgan fingerprint density at radius 3 is 1.52 bits per heavy atom. The Labute approximate surface area is 177 Å². The maximum absolute atomic E-state index is 6.96. The first kappa shape index (κ1) is 21.6. The number of rotatable bonds is 12. The number of hydrogen-bond acceptors (Lipinski definition) is 1. The van der Waals surface area contributed by atoms with Crippen molar-refractivity contribution in [1.29, 1.82) is 0 Å². The summed E-state index contributed by atoms with van der Waals surface area (Å²) in [5, 5.41) is 2.72. The zero-order chi connectivity index (χ0) is 20.2.